The predicted molar refractivity (Wildman–Crippen MR) is 206 cm³/mol. The molecule has 2 aromatic heterocycles. The number of aromatic nitrogens is 1. The van der Waals surface area contributed by atoms with Gasteiger partial charge in [0.05, 0.1) is 11.0 Å². The fourth-order valence-electron chi connectivity index (χ4n) is 7.51. The Hall–Kier alpha value is -6.58. The number of furan rings is 1. The summed E-state index contributed by atoms with van der Waals surface area (Å²) < 4.78 is 8.95. The highest BCUT2D eigenvalue weighted by Gasteiger charge is 2.18. The van der Waals surface area contributed by atoms with E-state index in [1.165, 1.54) is 43.7 Å². The monoisotopic (exact) mass is 626 g/mol. The second kappa shape index (κ2) is 11.0. The lowest BCUT2D eigenvalue weighted by Crippen LogP contribution is -2.09. The van der Waals surface area contributed by atoms with Gasteiger partial charge in [-0.3, -0.25) is 0 Å². The van der Waals surface area contributed by atoms with Crippen LogP contribution in [0.15, 0.2) is 186 Å². The van der Waals surface area contributed by atoms with Crippen molar-refractivity contribution >= 4 is 71.6 Å². The van der Waals surface area contributed by atoms with Crippen LogP contribution >= 0.6 is 0 Å². The summed E-state index contributed by atoms with van der Waals surface area (Å²) in [6.07, 6.45) is 0. The fourth-order valence-corrected chi connectivity index (χ4v) is 7.51. The Labute approximate surface area is 283 Å². The molecule has 0 aliphatic heterocycles. The van der Waals surface area contributed by atoms with Gasteiger partial charge in [-0.2, -0.15) is 0 Å². The molecular formula is C46H30N2O. The van der Waals surface area contributed by atoms with Crippen molar-refractivity contribution in [2.45, 2.75) is 0 Å². The zero-order valence-corrected chi connectivity index (χ0v) is 26.6. The topological polar surface area (TPSA) is 21.3 Å². The van der Waals surface area contributed by atoms with E-state index in [0.29, 0.717) is 0 Å². The maximum Gasteiger partial charge on any atom is 0.137 e. The number of fused-ring (bicyclic) bond motifs is 8. The summed E-state index contributed by atoms with van der Waals surface area (Å²) in [6, 6.07) is 64.8. The highest BCUT2D eigenvalue weighted by Crippen LogP contribution is 2.41. The summed E-state index contributed by atoms with van der Waals surface area (Å²) in [4.78, 5) is 2.29. The van der Waals surface area contributed by atoms with Gasteiger partial charge in [0.2, 0.25) is 0 Å². The molecule has 0 fully saturated rings. The lowest BCUT2D eigenvalue weighted by atomic mass is 10.0. The van der Waals surface area contributed by atoms with E-state index in [9.17, 15) is 0 Å². The first kappa shape index (κ1) is 27.5. The van der Waals surface area contributed by atoms with Gasteiger partial charge in [0.25, 0.3) is 0 Å². The van der Waals surface area contributed by atoms with Gasteiger partial charge in [-0.25, -0.2) is 0 Å². The van der Waals surface area contributed by atoms with Crippen LogP contribution in [0.4, 0.5) is 17.1 Å². The maximum absolute atomic E-state index is 6.56. The first-order valence-corrected chi connectivity index (χ1v) is 16.7. The lowest BCUT2D eigenvalue weighted by molar-refractivity contribution is 0.669. The Morgan fingerprint density at radius 3 is 1.90 bits per heavy atom. The van der Waals surface area contributed by atoms with E-state index in [0.717, 1.165) is 44.7 Å². The number of anilines is 3. The summed E-state index contributed by atoms with van der Waals surface area (Å²) >= 11 is 0. The predicted octanol–water partition coefficient (Wildman–Crippen LogP) is 13.0. The first-order chi connectivity index (χ1) is 24.3. The third-order valence-electron chi connectivity index (χ3n) is 9.76. The molecule has 10 rings (SSSR count). The number of nitrogens with zero attached hydrogens (tertiary/aromatic N) is 2. The Kier molecular flexibility index (Phi) is 6.18. The van der Waals surface area contributed by atoms with Crippen molar-refractivity contribution in [3.8, 4) is 16.8 Å². The number of rotatable bonds is 5. The molecule has 3 heteroatoms. The van der Waals surface area contributed by atoms with Gasteiger partial charge in [-0.1, -0.05) is 109 Å². The molecule has 0 saturated heterocycles. The van der Waals surface area contributed by atoms with Crippen molar-refractivity contribution in [1.82, 2.24) is 4.57 Å². The SMILES string of the molecule is c1ccc(-c2ccc(N(c3ccccc3)c3ccc4c(c3)oc3ccc(-n5c6ccccc6c6c7ccccc7ccc65)cc34)cc2)cc1. The molecule has 0 aliphatic carbocycles. The highest BCUT2D eigenvalue weighted by atomic mass is 16.3. The molecule has 0 atom stereocenters. The van der Waals surface area contributed by atoms with Gasteiger partial charge in [0, 0.05) is 50.4 Å². The van der Waals surface area contributed by atoms with E-state index in [4.69, 9.17) is 4.42 Å². The van der Waals surface area contributed by atoms with Crippen LogP contribution in [0.3, 0.4) is 0 Å². The lowest BCUT2D eigenvalue weighted by Gasteiger charge is -2.25. The highest BCUT2D eigenvalue weighted by molar-refractivity contribution is 6.21. The van der Waals surface area contributed by atoms with Crippen molar-refractivity contribution in [3.63, 3.8) is 0 Å². The molecule has 2 heterocycles. The molecule has 3 nitrogen and oxygen atoms in total. The van der Waals surface area contributed by atoms with Crippen LogP contribution < -0.4 is 4.90 Å². The van der Waals surface area contributed by atoms with Crippen LogP contribution in [-0.4, -0.2) is 4.57 Å². The van der Waals surface area contributed by atoms with E-state index in [-0.39, 0.29) is 0 Å². The van der Waals surface area contributed by atoms with Gasteiger partial charge < -0.3 is 13.9 Å². The molecule has 230 valence electrons. The third-order valence-corrected chi connectivity index (χ3v) is 9.76. The minimum absolute atomic E-state index is 0.861. The maximum atomic E-state index is 6.56. The average Bonchev–Trinajstić information content (AvgIpc) is 3.71. The molecule has 0 unspecified atom stereocenters. The van der Waals surface area contributed by atoms with Crippen LogP contribution in [0.25, 0.3) is 71.3 Å². The van der Waals surface area contributed by atoms with Crippen molar-refractivity contribution < 1.29 is 4.42 Å². The summed E-state index contributed by atoms with van der Waals surface area (Å²) in [7, 11) is 0. The molecule has 0 spiro atoms. The molecular weight excluding hydrogens is 597 g/mol. The molecule has 0 amide bonds. The van der Waals surface area contributed by atoms with Gasteiger partial charge in [-0.15, -0.1) is 0 Å². The van der Waals surface area contributed by atoms with E-state index in [1.54, 1.807) is 0 Å². The Bertz CT molecular complexity index is 2810. The Morgan fingerprint density at radius 1 is 0.388 bits per heavy atom. The van der Waals surface area contributed by atoms with Crippen LogP contribution in [0.5, 0.6) is 0 Å². The second-order valence-electron chi connectivity index (χ2n) is 12.6. The van der Waals surface area contributed by atoms with Crippen LogP contribution in [0, 0.1) is 0 Å². The van der Waals surface area contributed by atoms with Crippen molar-refractivity contribution in [1.29, 1.82) is 0 Å². The van der Waals surface area contributed by atoms with Crippen LogP contribution in [0.1, 0.15) is 0 Å². The van der Waals surface area contributed by atoms with E-state index in [1.807, 2.05) is 0 Å². The molecule has 0 saturated carbocycles. The van der Waals surface area contributed by atoms with Gasteiger partial charge in [-0.05, 0) is 88.6 Å². The van der Waals surface area contributed by atoms with Crippen molar-refractivity contribution in [3.05, 3.63) is 182 Å². The average molecular weight is 627 g/mol. The van der Waals surface area contributed by atoms with E-state index < -0.39 is 0 Å². The van der Waals surface area contributed by atoms with Crippen molar-refractivity contribution in [2.24, 2.45) is 0 Å². The van der Waals surface area contributed by atoms with E-state index in [2.05, 4.69) is 191 Å². The number of hydrogen-bond acceptors (Lipinski definition) is 2. The van der Waals surface area contributed by atoms with Crippen LogP contribution in [-0.2, 0) is 0 Å². The first-order valence-electron chi connectivity index (χ1n) is 16.7. The van der Waals surface area contributed by atoms with Crippen molar-refractivity contribution in [2.75, 3.05) is 4.90 Å². The second-order valence-corrected chi connectivity index (χ2v) is 12.6. The molecule has 0 radical (unpaired) electrons. The minimum Gasteiger partial charge on any atom is -0.456 e. The molecule has 49 heavy (non-hydrogen) atoms. The number of hydrogen-bond donors (Lipinski definition) is 0. The van der Waals surface area contributed by atoms with E-state index >= 15 is 0 Å². The summed E-state index contributed by atoms with van der Waals surface area (Å²) in [6.45, 7) is 0. The summed E-state index contributed by atoms with van der Waals surface area (Å²) in [5, 5.41) is 7.27. The fraction of sp³-hybridized carbons (Fsp3) is 0. The quantitative estimate of drug-likeness (QED) is 0.190. The molecule has 8 aromatic carbocycles. The standard InChI is InChI=1S/C46H30N2O/c1-3-11-31(12-4-1)32-19-22-35(23-20-32)47(34-14-5-2-6-15-34)37-24-26-39-41-29-36(25-28-44(41)49-45(39)30-37)48-42-18-10-9-17-40(42)46-38-16-8-7-13-33(38)21-27-43(46)48/h1-30H. The smallest absolute Gasteiger partial charge is 0.137 e. The zero-order chi connectivity index (χ0) is 32.3. The Balaban J connectivity index is 1.11. The Morgan fingerprint density at radius 2 is 1.06 bits per heavy atom. The number of benzene rings is 8. The van der Waals surface area contributed by atoms with Gasteiger partial charge in [0.1, 0.15) is 11.2 Å². The minimum atomic E-state index is 0.861. The van der Waals surface area contributed by atoms with Gasteiger partial charge >= 0.3 is 0 Å². The molecule has 0 N–H and O–H groups in total. The normalized spacial score (nSPS) is 11.7. The largest absolute Gasteiger partial charge is 0.456 e. The third kappa shape index (κ3) is 4.44. The van der Waals surface area contributed by atoms with Gasteiger partial charge in [0.15, 0.2) is 0 Å². The molecule has 0 bridgehead atoms. The molecule has 10 aromatic rings. The summed E-state index contributed by atoms with van der Waals surface area (Å²) in [5.41, 5.74) is 10.9. The molecule has 0 aliphatic rings. The zero-order valence-electron chi connectivity index (χ0n) is 26.6. The van der Waals surface area contributed by atoms with Crippen LogP contribution in [0.2, 0.25) is 0 Å². The summed E-state index contributed by atoms with van der Waals surface area (Å²) in [5.74, 6) is 0. The number of para-hydroxylation sites is 2.